The highest BCUT2D eigenvalue weighted by atomic mass is 35.5. The van der Waals surface area contributed by atoms with Gasteiger partial charge in [-0.1, -0.05) is 60.1 Å². The van der Waals surface area contributed by atoms with Crippen LogP contribution in [0, 0.1) is 0 Å². The van der Waals surface area contributed by atoms with E-state index in [1.165, 1.54) is 7.11 Å². The lowest BCUT2D eigenvalue weighted by molar-refractivity contribution is -0.124. The van der Waals surface area contributed by atoms with E-state index in [1.807, 2.05) is 54.6 Å². The fourth-order valence-corrected chi connectivity index (χ4v) is 2.57. The van der Waals surface area contributed by atoms with Gasteiger partial charge in [-0.05, 0) is 23.6 Å². The third kappa shape index (κ3) is 5.06. The molecule has 0 aliphatic carbocycles. The molecule has 23 heavy (non-hydrogen) atoms. The molecule has 2 atom stereocenters. The molecule has 4 nitrogen and oxygen atoms in total. The van der Waals surface area contributed by atoms with Crippen LogP contribution in [0.15, 0.2) is 54.6 Å². The van der Waals surface area contributed by atoms with Crippen molar-refractivity contribution >= 4 is 17.5 Å². The molecule has 2 unspecified atom stereocenters. The molecule has 0 aliphatic rings. The molecule has 5 heteroatoms. The van der Waals surface area contributed by atoms with Crippen LogP contribution in [0.5, 0.6) is 0 Å². The van der Waals surface area contributed by atoms with Crippen molar-refractivity contribution in [1.82, 2.24) is 5.32 Å². The minimum Gasteiger partial charge on any atom is -0.383 e. The Kier molecular flexibility index (Phi) is 6.59. The van der Waals surface area contributed by atoms with Crippen molar-refractivity contribution in [3.63, 3.8) is 0 Å². The van der Waals surface area contributed by atoms with Gasteiger partial charge in [0.1, 0.15) is 6.04 Å². The molecular weight excluding hydrogens is 312 g/mol. The van der Waals surface area contributed by atoms with E-state index in [2.05, 4.69) is 5.32 Å². The molecule has 2 rings (SSSR count). The number of carbonyl (C=O) groups excluding carboxylic acids is 1. The van der Waals surface area contributed by atoms with Gasteiger partial charge in [-0.2, -0.15) is 0 Å². The van der Waals surface area contributed by atoms with Gasteiger partial charge in [-0.3, -0.25) is 4.79 Å². The quantitative estimate of drug-likeness (QED) is 0.819. The molecule has 0 fully saturated rings. The lowest BCUT2D eigenvalue weighted by atomic mass is 9.98. The Morgan fingerprint density at radius 2 is 1.83 bits per heavy atom. The zero-order valence-corrected chi connectivity index (χ0v) is 13.8. The molecule has 1 amide bonds. The number of amides is 1. The zero-order valence-electron chi connectivity index (χ0n) is 13.0. The van der Waals surface area contributed by atoms with Crippen molar-refractivity contribution in [2.24, 2.45) is 5.73 Å². The van der Waals surface area contributed by atoms with Crippen LogP contribution < -0.4 is 11.1 Å². The van der Waals surface area contributed by atoms with Crippen LogP contribution >= 0.6 is 11.6 Å². The Labute approximate surface area is 141 Å². The number of carbonyl (C=O) groups is 1. The normalized spacial score (nSPS) is 13.3. The number of hydrogen-bond donors (Lipinski definition) is 2. The van der Waals surface area contributed by atoms with E-state index < -0.39 is 6.04 Å². The molecular formula is C18H21ClN2O2. The molecule has 0 heterocycles. The van der Waals surface area contributed by atoms with Crippen LogP contribution in [-0.2, 0) is 16.0 Å². The molecule has 0 spiro atoms. The van der Waals surface area contributed by atoms with Crippen molar-refractivity contribution in [2.45, 2.75) is 18.5 Å². The average molecular weight is 333 g/mol. The van der Waals surface area contributed by atoms with Gasteiger partial charge in [0.2, 0.25) is 5.91 Å². The lowest BCUT2D eigenvalue weighted by Crippen LogP contribution is -2.45. The summed E-state index contributed by atoms with van der Waals surface area (Å²) in [6.45, 7) is 0.180. The summed E-state index contributed by atoms with van der Waals surface area (Å²) in [6.07, 6.45) is 0.592. The second kappa shape index (κ2) is 8.67. The molecule has 0 saturated heterocycles. The average Bonchev–Trinajstić information content (AvgIpc) is 2.57. The van der Waals surface area contributed by atoms with Crippen LogP contribution in [0.2, 0.25) is 5.02 Å². The van der Waals surface area contributed by atoms with Crippen LogP contribution in [0.3, 0.4) is 0 Å². The number of hydrogen-bond acceptors (Lipinski definition) is 3. The summed E-state index contributed by atoms with van der Waals surface area (Å²) in [7, 11) is 1.52. The minimum atomic E-state index is -0.697. The number of benzene rings is 2. The maximum absolute atomic E-state index is 12.2. The van der Waals surface area contributed by atoms with Crippen molar-refractivity contribution in [3.8, 4) is 0 Å². The van der Waals surface area contributed by atoms with Crippen molar-refractivity contribution in [2.75, 3.05) is 13.7 Å². The Bertz CT molecular complexity index is 634. The van der Waals surface area contributed by atoms with Crippen LogP contribution in [0.4, 0.5) is 0 Å². The van der Waals surface area contributed by atoms with Crippen LogP contribution in [0.1, 0.15) is 17.2 Å². The standard InChI is InChI=1S/C18H21ClN2O2/c1-23-12-16(20)18(22)21-17(13-7-3-2-4-8-13)11-14-9-5-6-10-15(14)19/h2-10,16-17H,11-12,20H2,1H3,(H,21,22). The lowest BCUT2D eigenvalue weighted by Gasteiger charge is -2.22. The number of methoxy groups -OCH3 is 1. The highest BCUT2D eigenvalue weighted by molar-refractivity contribution is 6.31. The van der Waals surface area contributed by atoms with Crippen molar-refractivity contribution in [1.29, 1.82) is 0 Å². The summed E-state index contributed by atoms with van der Waals surface area (Å²) in [4.78, 5) is 12.2. The van der Waals surface area contributed by atoms with Gasteiger partial charge in [0.15, 0.2) is 0 Å². The first kappa shape index (κ1) is 17.5. The van der Waals surface area contributed by atoms with Gasteiger partial charge < -0.3 is 15.8 Å². The smallest absolute Gasteiger partial charge is 0.239 e. The first-order chi connectivity index (χ1) is 11.1. The number of nitrogens with one attached hydrogen (secondary N) is 1. The molecule has 0 aromatic heterocycles. The maximum atomic E-state index is 12.2. The first-order valence-electron chi connectivity index (χ1n) is 7.45. The minimum absolute atomic E-state index is 0.180. The summed E-state index contributed by atoms with van der Waals surface area (Å²) in [5.74, 6) is -0.243. The predicted molar refractivity (Wildman–Crippen MR) is 92.3 cm³/mol. The fourth-order valence-electron chi connectivity index (χ4n) is 2.36. The summed E-state index contributed by atoms with van der Waals surface area (Å²) in [5.41, 5.74) is 7.79. The van der Waals surface area contributed by atoms with Gasteiger partial charge >= 0.3 is 0 Å². The van der Waals surface area contributed by atoms with E-state index in [0.717, 1.165) is 11.1 Å². The molecule has 0 radical (unpaired) electrons. The second-order valence-electron chi connectivity index (χ2n) is 5.33. The molecule has 0 bridgehead atoms. The van der Waals surface area contributed by atoms with Gasteiger partial charge in [-0.25, -0.2) is 0 Å². The molecule has 3 N–H and O–H groups in total. The largest absolute Gasteiger partial charge is 0.383 e. The zero-order chi connectivity index (χ0) is 16.7. The van der Waals surface area contributed by atoms with E-state index >= 15 is 0 Å². The molecule has 0 aliphatic heterocycles. The first-order valence-corrected chi connectivity index (χ1v) is 7.83. The van der Waals surface area contributed by atoms with Crippen molar-refractivity contribution in [3.05, 3.63) is 70.7 Å². The topological polar surface area (TPSA) is 64.3 Å². The predicted octanol–water partition coefficient (Wildman–Crippen LogP) is 2.71. The maximum Gasteiger partial charge on any atom is 0.239 e. The summed E-state index contributed by atoms with van der Waals surface area (Å²) in [5, 5.41) is 3.68. The van der Waals surface area contributed by atoms with E-state index in [-0.39, 0.29) is 18.6 Å². The van der Waals surface area contributed by atoms with E-state index in [4.69, 9.17) is 22.1 Å². The molecule has 0 saturated carbocycles. The van der Waals surface area contributed by atoms with E-state index in [1.54, 1.807) is 0 Å². The molecule has 2 aromatic carbocycles. The van der Waals surface area contributed by atoms with Crippen molar-refractivity contribution < 1.29 is 9.53 Å². The Morgan fingerprint density at radius 1 is 1.17 bits per heavy atom. The van der Waals surface area contributed by atoms with Gasteiger partial charge in [0.25, 0.3) is 0 Å². The highest BCUT2D eigenvalue weighted by Gasteiger charge is 2.20. The third-order valence-electron chi connectivity index (χ3n) is 3.58. The Morgan fingerprint density at radius 3 is 2.48 bits per heavy atom. The van der Waals surface area contributed by atoms with Crippen LogP contribution in [0.25, 0.3) is 0 Å². The second-order valence-corrected chi connectivity index (χ2v) is 5.74. The van der Waals surface area contributed by atoms with Gasteiger partial charge in [-0.15, -0.1) is 0 Å². The summed E-state index contributed by atoms with van der Waals surface area (Å²) in [6, 6.07) is 16.5. The number of rotatable bonds is 7. The van der Waals surface area contributed by atoms with Gasteiger partial charge in [0.05, 0.1) is 12.6 Å². The molecule has 2 aromatic rings. The monoisotopic (exact) mass is 332 g/mol. The van der Waals surface area contributed by atoms with Gasteiger partial charge in [0, 0.05) is 12.1 Å². The number of ether oxygens (including phenoxy) is 1. The Balaban J connectivity index is 2.19. The Hall–Kier alpha value is -1.88. The number of nitrogens with two attached hydrogens (primary N) is 1. The van der Waals surface area contributed by atoms with E-state index in [9.17, 15) is 4.79 Å². The summed E-state index contributed by atoms with van der Waals surface area (Å²) < 4.78 is 4.94. The number of halogens is 1. The molecule has 122 valence electrons. The summed E-state index contributed by atoms with van der Waals surface area (Å²) >= 11 is 6.25. The third-order valence-corrected chi connectivity index (χ3v) is 3.95. The fraction of sp³-hybridized carbons (Fsp3) is 0.278. The van der Waals surface area contributed by atoms with Crippen LogP contribution in [-0.4, -0.2) is 25.7 Å². The highest BCUT2D eigenvalue weighted by Crippen LogP contribution is 2.23. The SMILES string of the molecule is COCC(N)C(=O)NC(Cc1ccccc1Cl)c1ccccc1. The van der Waals surface area contributed by atoms with E-state index in [0.29, 0.717) is 11.4 Å².